The number of fused-ring (bicyclic) bond motifs is 1. The maximum atomic E-state index is 12.3. The normalized spacial score (nSPS) is 10.8. The Hall–Kier alpha value is -2.75. The second-order valence-electron chi connectivity index (χ2n) is 5.28. The van der Waals surface area contributed by atoms with Crippen LogP contribution in [0.3, 0.4) is 0 Å². The lowest BCUT2D eigenvalue weighted by Gasteiger charge is -2.09. The van der Waals surface area contributed by atoms with Gasteiger partial charge in [0.15, 0.2) is 0 Å². The van der Waals surface area contributed by atoms with Crippen molar-refractivity contribution in [2.45, 2.75) is 13.3 Å². The van der Waals surface area contributed by atoms with Gasteiger partial charge < -0.3 is 14.9 Å². The fraction of sp³-hybridized carbons (Fsp3) is 0.167. The van der Waals surface area contributed by atoms with Crippen LogP contribution in [0, 0.1) is 6.92 Å². The van der Waals surface area contributed by atoms with E-state index in [1.165, 1.54) is 0 Å². The lowest BCUT2D eigenvalue weighted by Crippen LogP contribution is -2.11. The monoisotopic (exact) mass is 295 g/mol. The smallest absolute Gasteiger partial charge is 0.340 e. The van der Waals surface area contributed by atoms with Gasteiger partial charge in [-0.15, -0.1) is 0 Å². The zero-order valence-corrected chi connectivity index (χ0v) is 12.6. The lowest BCUT2D eigenvalue weighted by atomic mass is 9.99. The van der Waals surface area contributed by atoms with Crippen LogP contribution in [0.15, 0.2) is 51.7 Å². The maximum absolute atomic E-state index is 12.3. The molecule has 2 aromatic carbocycles. The van der Waals surface area contributed by atoms with Gasteiger partial charge in [0.1, 0.15) is 11.3 Å². The van der Waals surface area contributed by atoms with Crippen LogP contribution in [0.25, 0.3) is 11.0 Å². The Labute approximate surface area is 128 Å². The minimum Gasteiger partial charge on any atom is -0.497 e. The van der Waals surface area contributed by atoms with Gasteiger partial charge in [-0.25, -0.2) is 4.79 Å². The molecule has 1 heterocycles. The van der Waals surface area contributed by atoms with Gasteiger partial charge in [-0.3, -0.25) is 0 Å². The zero-order chi connectivity index (χ0) is 15.7. The summed E-state index contributed by atoms with van der Waals surface area (Å²) in [5, 5.41) is 0.909. The van der Waals surface area contributed by atoms with E-state index in [4.69, 9.17) is 14.9 Å². The average molecular weight is 295 g/mol. The first kappa shape index (κ1) is 14.2. The van der Waals surface area contributed by atoms with E-state index >= 15 is 0 Å². The first-order chi connectivity index (χ1) is 10.6. The number of methoxy groups -OCH3 is 1. The Morgan fingerprint density at radius 2 is 2.00 bits per heavy atom. The van der Waals surface area contributed by atoms with Gasteiger partial charge in [-0.2, -0.15) is 0 Å². The molecule has 0 aliphatic rings. The molecular formula is C18H17NO3. The number of hydrogen-bond acceptors (Lipinski definition) is 4. The maximum Gasteiger partial charge on any atom is 0.340 e. The van der Waals surface area contributed by atoms with E-state index in [9.17, 15) is 4.79 Å². The Kier molecular flexibility index (Phi) is 3.59. The molecule has 2 N–H and O–H groups in total. The van der Waals surface area contributed by atoms with Gasteiger partial charge in [-0.1, -0.05) is 12.1 Å². The molecule has 4 heteroatoms. The van der Waals surface area contributed by atoms with E-state index in [1.807, 2.05) is 43.3 Å². The summed E-state index contributed by atoms with van der Waals surface area (Å²) in [6, 6.07) is 13.1. The molecule has 0 bridgehead atoms. The van der Waals surface area contributed by atoms with Crippen LogP contribution in [-0.2, 0) is 6.42 Å². The molecule has 0 spiro atoms. The van der Waals surface area contributed by atoms with Gasteiger partial charge in [0.2, 0.25) is 0 Å². The predicted octanol–water partition coefficient (Wildman–Crippen LogP) is 3.28. The van der Waals surface area contributed by atoms with Crippen molar-refractivity contribution in [3.8, 4) is 5.75 Å². The van der Waals surface area contributed by atoms with E-state index in [2.05, 4.69) is 0 Å². The highest BCUT2D eigenvalue weighted by molar-refractivity contribution is 5.83. The van der Waals surface area contributed by atoms with Gasteiger partial charge in [0.05, 0.1) is 7.11 Å². The molecule has 0 saturated carbocycles. The summed E-state index contributed by atoms with van der Waals surface area (Å²) in [5.74, 6) is 0.771. The third kappa shape index (κ3) is 2.55. The van der Waals surface area contributed by atoms with Crippen molar-refractivity contribution in [1.29, 1.82) is 0 Å². The summed E-state index contributed by atoms with van der Waals surface area (Å²) in [4.78, 5) is 12.3. The topological polar surface area (TPSA) is 65.5 Å². The van der Waals surface area contributed by atoms with Gasteiger partial charge >= 0.3 is 5.63 Å². The molecule has 0 unspecified atom stereocenters. The van der Waals surface area contributed by atoms with Gasteiger partial charge in [-0.05, 0) is 42.3 Å². The number of hydrogen-bond donors (Lipinski definition) is 1. The van der Waals surface area contributed by atoms with Crippen molar-refractivity contribution >= 4 is 16.7 Å². The second kappa shape index (κ2) is 5.56. The number of aryl methyl sites for hydroxylation is 1. The molecule has 112 valence electrons. The van der Waals surface area contributed by atoms with E-state index in [1.54, 1.807) is 13.2 Å². The third-order valence-electron chi connectivity index (χ3n) is 3.83. The number of anilines is 1. The third-order valence-corrected chi connectivity index (χ3v) is 3.83. The summed E-state index contributed by atoms with van der Waals surface area (Å²) < 4.78 is 10.6. The van der Waals surface area contributed by atoms with Crippen LogP contribution in [0.5, 0.6) is 5.75 Å². The molecular weight excluding hydrogens is 278 g/mol. The Morgan fingerprint density at radius 1 is 1.18 bits per heavy atom. The quantitative estimate of drug-likeness (QED) is 0.595. The van der Waals surface area contributed by atoms with E-state index in [0.29, 0.717) is 23.3 Å². The fourth-order valence-corrected chi connectivity index (χ4v) is 2.60. The standard InChI is InChI=1S/C18H17NO3/c1-11-15-7-6-13(19)10-17(15)22-18(20)16(11)9-12-4-3-5-14(8-12)21-2/h3-8,10H,9,19H2,1-2H3. The first-order valence-corrected chi connectivity index (χ1v) is 7.03. The van der Waals surface area contributed by atoms with E-state index in [-0.39, 0.29) is 5.63 Å². The highest BCUT2D eigenvalue weighted by atomic mass is 16.5. The second-order valence-corrected chi connectivity index (χ2v) is 5.28. The Balaban J connectivity index is 2.10. The molecule has 22 heavy (non-hydrogen) atoms. The molecule has 0 radical (unpaired) electrons. The average Bonchev–Trinajstić information content (AvgIpc) is 2.51. The van der Waals surface area contributed by atoms with Gasteiger partial charge in [0.25, 0.3) is 0 Å². The van der Waals surface area contributed by atoms with Gasteiger partial charge in [0, 0.05) is 29.1 Å². The first-order valence-electron chi connectivity index (χ1n) is 7.03. The molecule has 0 atom stereocenters. The van der Waals surface area contributed by atoms with Crippen molar-refractivity contribution < 1.29 is 9.15 Å². The molecule has 0 amide bonds. The van der Waals surface area contributed by atoms with E-state index in [0.717, 1.165) is 22.3 Å². The molecule has 3 aromatic rings. The van der Waals surface area contributed by atoms with Crippen LogP contribution in [-0.4, -0.2) is 7.11 Å². The van der Waals surface area contributed by atoms with Crippen LogP contribution < -0.4 is 16.1 Å². The molecule has 0 fully saturated rings. The lowest BCUT2D eigenvalue weighted by molar-refractivity contribution is 0.414. The number of nitrogen functional groups attached to an aromatic ring is 1. The predicted molar refractivity (Wildman–Crippen MR) is 87.4 cm³/mol. The van der Waals surface area contributed by atoms with Crippen molar-refractivity contribution in [1.82, 2.24) is 0 Å². The number of ether oxygens (including phenoxy) is 1. The highest BCUT2D eigenvalue weighted by Gasteiger charge is 2.12. The summed E-state index contributed by atoms with van der Waals surface area (Å²) in [5.41, 5.74) is 9.11. The zero-order valence-electron chi connectivity index (χ0n) is 12.6. The van der Waals surface area contributed by atoms with Crippen LogP contribution in [0.2, 0.25) is 0 Å². The number of nitrogens with two attached hydrogens (primary N) is 1. The summed E-state index contributed by atoms with van der Waals surface area (Å²) in [6.07, 6.45) is 0.506. The minimum absolute atomic E-state index is 0.321. The molecule has 3 rings (SSSR count). The highest BCUT2D eigenvalue weighted by Crippen LogP contribution is 2.23. The van der Waals surface area contributed by atoms with Crippen molar-refractivity contribution in [2.24, 2.45) is 0 Å². The number of benzene rings is 2. The molecule has 1 aromatic heterocycles. The fourth-order valence-electron chi connectivity index (χ4n) is 2.60. The van der Waals surface area contributed by atoms with Crippen LogP contribution >= 0.6 is 0 Å². The SMILES string of the molecule is COc1cccc(Cc2c(C)c3ccc(N)cc3oc2=O)c1. The summed E-state index contributed by atoms with van der Waals surface area (Å²) >= 11 is 0. The molecule has 0 saturated heterocycles. The van der Waals surface area contributed by atoms with E-state index < -0.39 is 0 Å². The molecule has 0 aliphatic heterocycles. The summed E-state index contributed by atoms with van der Waals surface area (Å²) in [7, 11) is 1.62. The van der Waals surface area contributed by atoms with Crippen molar-refractivity contribution in [2.75, 3.05) is 12.8 Å². The van der Waals surface area contributed by atoms with Crippen molar-refractivity contribution in [3.05, 3.63) is 69.6 Å². The Bertz CT molecular complexity index is 896. The minimum atomic E-state index is -0.321. The summed E-state index contributed by atoms with van der Waals surface area (Å²) in [6.45, 7) is 1.94. The largest absolute Gasteiger partial charge is 0.497 e. The van der Waals surface area contributed by atoms with Crippen LogP contribution in [0.4, 0.5) is 5.69 Å². The van der Waals surface area contributed by atoms with Crippen molar-refractivity contribution in [3.63, 3.8) is 0 Å². The molecule has 0 aliphatic carbocycles. The van der Waals surface area contributed by atoms with Crippen LogP contribution in [0.1, 0.15) is 16.7 Å². The number of rotatable bonds is 3. The Morgan fingerprint density at radius 3 is 2.77 bits per heavy atom. The molecule has 4 nitrogen and oxygen atoms in total.